The Balaban J connectivity index is 2.26. The summed E-state index contributed by atoms with van der Waals surface area (Å²) in [5.74, 6) is 0.856. The number of benzene rings is 1. The van der Waals surface area contributed by atoms with Gasteiger partial charge < -0.3 is 9.47 Å². The second kappa shape index (κ2) is 4.69. The fourth-order valence-corrected chi connectivity index (χ4v) is 1.45. The van der Waals surface area contributed by atoms with Crippen molar-refractivity contribution in [3.05, 3.63) is 60.4 Å². The predicted octanol–water partition coefficient (Wildman–Crippen LogP) is 3.07. The summed E-state index contributed by atoms with van der Waals surface area (Å²) < 4.78 is 11.0. The fraction of sp³-hybridized carbons (Fsp3) is 0.154. The Labute approximate surface area is 89.8 Å². The molecular formula is C13H13O2. The predicted molar refractivity (Wildman–Crippen MR) is 59.3 cm³/mol. The molecule has 1 aromatic rings. The highest BCUT2D eigenvalue weighted by atomic mass is 16.5. The first-order valence-electron chi connectivity index (χ1n) is 5.01. The van der Waals surface area contributed by atoms with Crippen molar-refractivity contribution >= 4 is 0 Å². The lowest BCUT2D eigenvalue weighted by Crippen LogP contribution is -2.04. The van der Waals surface area contributed by atoms with Gasteiger partial charge in [-0.25, -0.2) is 0 Å². The van der Waals surface area contributed by atoms with E-state index in [0.29, 0.717) is 6.61 Å². The summed E-state index contributed by atoms with van der Waals surface area (Å²) in [6, 6.07) is 7.86. The maximum absolute atomic E-state index is 5.53. The molecule has 0 unspecified atom stereocenters. The van der Waals surface area contributed by atoms with E-state index >= 15 is 0 Å². The summed E-state index contributed by atoms with van der Waals surface area (Å²) >= 11 is 0. The number of rotatable bonds is 3. The second-order valence-corrected chi connectivity index (χ2v) is 3.10. The van der Waals surface area contributed by atoms with Crippen LogP contribution in [-0.4, -0.2) is 6.61 Å². The smallest absolute Gasteiger partial charge is 0.202 e. The molecule has 15 heavy (non-hydrogen) atoms. The summed E-state index contributed by atoms with van der Waals surface area (Å²) in [7, 11) is 0. The monoisotopic (exact) mass is 201 g/mol. The Morgan fingerprint density at radius 2 is 2.07 bits per heavy atom. The van der Waals surface area contributed by atoms with Crippen molar-refractivity contribution in [2.75, 3.05) is 6.61 Å². The van der Waals surface area contributed by atoms with Crippen LogP contribution in [0, 0.1) is 6.10 Å². The standard InChI is InChI=1S/C13H13O2/c1-2-14-12-8-4-3-7-11(12)13-9-5-6-10-15-13/h3-10H,2H2,1H3. The molecule has 1 aliphatic rings. The molecule has 1 heterocycles. The van der Waals surface area contributed by atoms with Crippen LogP contribution >= 0.6 is 0 Å². The van der Waals surface area contributed by atoms with Crippen LogP contribution in [0.5, 0.6) is 5.75 Å². The quantitative estimate of drug-likeness (QED) is 0.748. The van der Waals surface area contributed by atoms with E-state index < -0.39 is 0 Å². The maximum atomic E-state index is 5.53. The van der Waals surface area contributed by atoms with Gasteiger partial charge in [0.05, 0.1) is 12.9 Å². The van der Waals surface area contributed by atoms with Crippen molar-refractivity contribution in [3.8, 4) is 5.75 Å². The Morgan fingerprint density at radius 3 is 2.80 bits per heavy atom. The molecule has 1 aliphatic heterocycles. The van der Waals surface area contributed by atoms with Gasteiger partial charge in [0.15, 0.2) is 0 Å². The van der Waals surface area contributed by atoms with Crippen molar-refractivity contribution in [2.45, 2.75) is 6.92 Å². The summed E-state index contributed by atoms with van der Waals surface area (Å²) in [5, 5.41) is 0. The van der Waals surface area contributed by atoms with Crippen LogP contribution in [0.3, 0.4) is 0 Å². The first-order chi connectivity index (χ1) is 7.42. The van der Waals surface area contributed by atoms with E-state index in [4.69, 9.17) is 9.47 Å². The van der Waals surface area contributed by atoms with E-state index in [1.54, 1.807) is 6.26 Å². The first kappa shape index (κ1) is 9.84. The zero-order valence-electron chi connectivity index (χ0n) is 8.64. The van der Waals surface area contributed by atoms with Gasteiger partial charge in [-0.2, -0.15) is 0 Å². The van der Waals surface area contributed by atoms with E-state index in [0.717, 1.165) is 17.4 Å². The van der Waals surface area contributed by atoms with E-state index in [-0.39, 0.29) is 0 Å². The molecule has 0 fully saturated rings. The lowest BCUT2D eigenvalue weighted by Gasteiger charge is -2.16. The van der Waals surface area contributed by atoms with Gasteiger partial charge in [0.2, 0.25) is 6.10 Å². The molecule has 0 N–H and O–H groups in total. The van der Waals surface area contributed by atoms with E-state index in [1.807, 2.05) is 49.4 Å². The number of allylic oxidation sites excluding steroid dienone is 2. The van der Waals surface area contributed by atoms with E-state index in [9.17, 15) is 0 Å². The molecule has 0 aromatic heterocycles. The Bertz CT molecular complexity index is 380. The molecule has 2 nitrogen and oxygen atoms in total. The largest absolute Gasteiger partial charge is 0.493 e. The molecule has 0 bridgehead atoms. The highest BCUT2D eigenvalue weighted by Gasteiger charge is 2.15. The summed E-state index contributed by atoms with van der Waals surface area (Å²) in [6.45, 7) is 2.63. The summed E-state index contributed by atoms with van der Waals surface area (Å²) in [5.41, 5.74) is 0.986. The average molecular weight is 201 g/mol. The first-order valence-corrected chi connectivity index (χ1v) is 5.01. The van der Waals surface area contributed by atoms with Crippen molar-refractivity contribution in [2.24, 2.45) is 0 Å². The van der Waals surface area contributed by atoms with Crippen LogP contribution in [0.4, 0.5) is 0 Å². The van der Waals surface area contributed by atoms with E-state index in [1.165, 1.54) is 0 Å². The molecule has 0 aliphatic carbocycles. The SMILES string of the molecule is CCOc1ccccc1[C]1C=CC=CO1. The van der Waals surface area contributed by atoms with Crippen LogP contribution in [0.15, 0.2) is 48.8 Å². The number of hydrogen-bond donors (Lipinski definition) is 0. The Hall–Kier alpha value is -1.70. The van der Waals surface area contributed by atoms with Crippen LogP contribution in [0.2, 0.25) is 0 Å². The zero-order chi connectivity index (χ0) is 10.5. The minimum Gasteiger partial charge on any atom is -0.493 e. The fourth-order valence-electron chi connectivity index (χ4n) is 1.45. The zero-order valence-corrected chi connectivity index (χ0v) is 8.64. The molecule has 0 spiro atoms. The average Bonchev–Trinajstić information content (AvgIpc) is 2.31. The molecule has 77 valence electrons. The lowest BCUT2D eigenvalue weighted by molar-refractivity contribution is 0.290. The van der Waals surface area contributed by atoms with Gasteiger partial charge in [-0.05, 0) is 25.1 Å². The van der Waals surface area contributed by atoms with Gasteiger partial charge >= 0.3 is 0 Å². The van der Waals surface area contributed by atoms with Crippen molar-refractivity contribution in [1.29, 1.82) is 0 Å². The number of hydrogen-bond acceptors (Lipinski definition) is 2. The van der Waals surface area contributed by atoms with E-state index in [2.05, 4.69) is 0 Å². The molecule has 1 radical (unpaired) electrons. The molecule has 2 heteroatoms. The van der Waals surface area contributed by atoms with Gasteiger partial charge in [-0.3, -0.25) is 0 Å². The van der Waals surface area contributed by atoms with Gasteiger partial charge in [-0.1, -0.05) is 24.3 Å². The van der Waals surface area contributed by atoms with Gasteiger partial charge in [0, 0.05) is 5.56 Å². The van der Waals surface area contributed by atoms with Crippen LogP contribution in [0.25, 0.3) is 0 Å². The highest BCUT2D eigenvalue weighted by Crippen LogP contribution is 2.29. The minimum absolute atomic E-state index is 0.657. The van der Waals surface area contributed by atoms with Crippen molar-refractivity contribution in [1.82, 2.24) is 0 Å². The molecule has 0 atom stereocenters. The number of para-hydroxylation sites is 1. The topological polar surface area (TPSA) is 18.5 Å². The Morgan fingerprint density at radius 1 is 1.20 bits per heavy atom. The molecule has 0 saturated heterocycles. The molecule has 0 saturated carbocycles. The third-order valence-electron chi connectivity index (χ3n) is 2.08. The lowest BCUT2D eigenvalue weighted by atomic mass is 10.1. The minimum atomic E-state index is 0.657. The molecule has 0 amide bonds. The molecule has 2 rings (SSSR count). The third kappa shape index (κ3) is 2.21. The van der Waals surface area contributed by atoms with Gasteiger partial charge in [-0.15, -0.1) is 0 Å². The summed E-state index contributed by atoms with van der Waals surface area (Å²) in [6.07, 6.45) is 8.21. The maximum Gasteiger partial charge on any atom is 0.202 e. The second-order valence-electron chi connectivity index (χ2n) is 3.10. The van der Waals surface area contributed by atoms with Gasteiger partial charge in [0.25, 0.3) is 0 Å². The van der Waals surface area contributed by atoms with Crippen LogP contribution in [0.1, 0.15) is 12.5 Å². The van der Waals surface area contributed by atoms with Gasteiger partial charge in [0.1, 0.15) is 5.75 Å². The van der Waals surface area contributed by atoms with Crippen molar-refractivity contribution < 1.29 is 9.47 Å². The third-order valence-corrected chi connectivity index (χ3v) is 2.08. The van der Waals surface area contributed by atoms with Crippen LogP contribution in [-0.2, 0) is 4.74 Å². The number of ether oxygens (including phenoxy) is 2. The van der Waals surface area contributed by atoms with Crippen LogP contribution < -0.4 is 4.74 Å². The molecule has 1 aromatic carbocycles. The van der Waals surface area contributed by atoms with Crippen molar-refractivity contribution in [3.63, 3.8) is 0 Å². The normalized spacial score (nSPS) is 15.0. The Kier molecular flexibility index (Phi) is 3.08. The molecular weight excluding hydrogens is 188 g/mol. The summed E-state index contributed by atoms with van der Waals surface area (Å²) in [4.78, 5) is 0. The highest BCUT2D eigenvalue weighted by molar-refractivity contribution is 5.46.